The summed E-state index contributed by atoms with van der Waals surface area (Å²) in [5.74, 6) is 1.07. The van der Waals surface area contributed by atoms with Gasteiger partial charge in [0.1, 0.15) is 11.9 Å². The second-order valence-electron chi connectivity index (χ2n) is 7.04. The topological polar surface area (TPSA) is 95.1 Å². The number of aryl methyl sites for hydroxylation is 2. The highest BCUT2D eigenvalue weighted by Crippen LogP contribution is 2.27. The lowest BCUT2D eigenvalue weighted by atomic mass is 10.1. The number of hydrogen-bond acceptors (Lipinski definition) is 6. The van der Waals surface area contributed by atoms with E-state index >= 15 is 0 Å². The SMILES string of the molecule is Cc1nc(C2CN(C(=O)c3ccc(C)s3)CCCN2C(=O)c2ccncc2)n[nH]1. The number of carbonyl (C=O) groups excluding carboxylic acids is 2. The highest BCUT2D eigenvalue weighted by Gasteiger charge is 2.34. The number of rotatable bonds is 3. The average Bonchev–Trinajstić information content (AvgIpc) is 3.29. The van der Waals surface area contributed by atoms with Gasteiger partial charge in [0.25, 0.3) is 11.8 Å². The van der Waals surface area contributed by atoms with E-state index in [9.17, 15) is 9.59 Å². The molecule has 4 rings (SSSR count). The first kappa shape index (κ1) is 19.3. The maximum atomic E-state index is 13.2. The van der Waals surface area contributed by atoms with Crippen molar-refractivity contribution < 1.29 is 9.59 Å². The van der Waals surface area contributed by atoms with Gasteiger partial charge in [-0.3, -0.25) is 19.7 Å². The van der Waals surface area contributed by atoms with Gasteiger partial charge < -0.3 is 9.80 Å². The monoisotopic (exact) mass is 410 g/mol. The molecule has 9 heteroatoms. The van der Waals surface area contributed by atoms with Crippen molar-refractivity contribution in [3.63, 3.8) is 0 Å². The Morgan fingerprint density at radius 1 is 1.10 bits per heavy atom. The molecule has 3 aromatic heterocycles. The number of pyridine rings is 1. The van der Waals surface area contributed by atoms with Crippen LogP contribution < -0.4 is 0 Å². The van der Waals surface area contributed by atoms with E-state index in [1.807, 2.05) is 30.9 Å². The first-order chi connectivity index (χ1) is 14.0. The van der Waals surface area contributed by atoms with E-state index in [0.717, 1.165) is 4.88 Å². The summed E-state index contributed by atoms with van der Waals surface area (Å²) < 4.78 is 0. The molecule has 4 heterocycles. The second kappa shape index (κ2) is 8.12. The van der Waals surface area contributed by atoms with E-state index in [4.69, 9.17) is 0 Å². The minimum absolute atomic E-state index is 0.0152. The zero-order chi connectivity index (χ0) is 20.4. The number of amides is 2. The van der Waals surface area contributed by atoms with Crippen LogP contribution in [0, 0.1) is 13.8 Å². The van der Waals surface area contributed by atoms with Crippen molar-refractivity contribution in [2.45, 2.75) is 26.3 Å². The van der Waals surface area contributed by atoms with Crippen molar-refractivity contribution in [3.05, 3.63) is 63.6 Å². The van der Waals surface area contributed by atoms with Gasteiger partial charge in [-0.1, -0.05) is 0 Å². The molecular formula is C20H22N6O2S. The van der Waals surface area contributed by atoms with Gasteiger partial charge in [0.2, 0.25) is 0 Å². The Morgan fingerprint density at radius 2 is 1.90 bits per heavy atom. The van der Waals surface area contributed by atoms with Gasteiger partial charge in [-0.2, -0.15) is 5.10 Å². The van der Waals surface area contributed by atoms with E-state index in [0.29, 0.717) is 48.1 Å². The molecule has 150 valence electrons. The third-order valence-corrected chi connectivity index (χ3v) is 5.92. The molecule has 0 radical (unpaired) electrons. The normalized spacial score (nSPS) is 17.2. The van der Waals surface area contributed by atoms with Crippen LogP contribution in [-0.4, -0.2) is 61.4 Å². The zero-order valence-electron chi connectivity index (χ0n) is 16.3. The molecule has 29 heavy (non-hydrogen) atoms. The molecule has 1 saturated heterocycles. The minimum atomic E-state index is -0.423. The molecule has 1 N–H and O–H groups in total. The second-order valence-corrected chi connectivity index (χ2v) is 8.33. The Kier molecular flexibility index (Phi) is 5.39. The van der Waals surface area contributed by atoms with Crippen LogP contribution in [0.3, 0.4) is 0 Å². The highest BCUT2D eigenvalue weighted by atomic mass is 32.1. The summed E-state index contributed by atoms with van der Waals surface area (Å²) in [6.07, 6.45) is 3.89. The largest absolute Gasteiger partial charge is 0.335 e. The number of nitrogens with one attached hydrogen (secondary N) is 1. The number of H-pyrrole nitrogens is 1. The van der Waals surface area contributed by atoms with Crippen LogP contribution in [0.4, 0.5) is 0 Å². The van der Waals surface area contributed by atoms with Crippen LogP contribution in [-0.2, 0) is 0 Å². The number of aromatic amines is 1. The molecule has 1 fully saturated rings. The molecule has 0 aliphatic carbocycles. The highest BCUT2D eigenvalue weighted by molar-refractivity contribution is 7.13. The summed E-state index contributed by atoms with van der Waals surface area (Å²) >= 11 is 1.49. The molecule has 1 aliphatic rings. The number of aromatic nitrogens is 4. The fourth-order valence-corrected chi connectivity index (χ4v) is 4.35. The van der Waals surface area contributed by atoms with E-state index in [1.165, 1.54) is 11.3 Å². The van der Waals surface area contributed by atoms with Crippen molar-refractivity contribution in [1.82, 2.24) is 30.0 Å². The molecule has 1 unspecified atom stereocenters. The third kappa shape index (κ3) is 4.04. The zero-order valence-corrected chi connectivity index (χ0v) is 17.1. The standard InChI is InChI=1S/C20H22N6O2S/c1-13-4-5-17(29-13)20(28)25-10-3-11-26(19(27)15-6-8-21-9-7-15)16(12-25)18-22-14(2)23-24-18/h4-9,16H,3,10-12H2,1-2H3,(H,22,23,24). The van der Waals surface area contributed by atoms with E-state index in [2.05, 4.69) is 20.2 Å². The van der Waals surface area contributed by atoms with Gasteiger partial charge in [-0.25, -0.2) is 4.98 Å². The average molecular weight is 411 g/mol. The maximum absolute atomic E-state index is 13.2. The maximum Gasteiger partial charge on any atom is 0.264 e. The van der Waals surface area contributed by atoms with Gasteiger partial charge in [0.05, 0.1) is 4.88 Å². The smallest absolute Gasteiger partial charge is 0.264 e. The summed E-state index contributed by atoms with van der Waals surface area (Å²) in [6.45, 7) is 5.25. The number of nitrogens with zero attached hydrogens (tertiary/aromatic N) is 5. The Morgan fingerprint density at radius 3 is 2.55 bits per heavy atom. The van der Waals surface area contributed by atoms with Crippen molar-refractivity contribution in [1.29, 1.82) is 0 Å². The fraction of sp³-hybridized carbons (Fsp3) is 0.350. The molecule has 1 aliphatic heterocycles. The van der Waals surface area contributed by atoms with Crippen molar-refractivity contribution in [2.75, 3.05) is 19.6 Å². The van der Waals surface area contributed by atoms with E-state index < -0.39 is 6.04 Å². The molecule has 0 aromatic carbocycles. The predicted molar refractivity (Wildman–Crippen MR) is 109 cm³/mol. The number of thiophene rings is 1. The summed E-state index contributed by atoms with van der Waals surface area (Å²) in [5.41, 5.74) is 0.561. The first-order valence-corrected chi connectivity index (χ1v) is 10.3. The minimum Gasteiger partial charge on any atom is -0.335 e. The molecule has 0 bridgehead atoms. The van der Waals surface area contributed by atoms with Crippen molar-refractivity contribution in [2.24, 2.45) is 0 Å². The Labute approximate surface area is 172 Å². The van der Waals surface area contributed by atoms with Gasteiger partial charge in [0.15, 0.2) is 5.82 Å². The van der Waals surface area contributed by atoms with E-state index in [1.54, 1.807) is 29.4 Å². The van der Waals surface area contributed by atoms with Gasteiger partial charge in [-0.15, -0.1) is 11.3 Å². The lowest BCUT2D eigenvalue weighted by Crippen LogP contribution is -2.40. The van der Waals surface area contributed by atoms with Crippen LogP contribution in [0.15, 0.2) is 36.7 Å². The van der Waals surface area contributed by atoms with Gasteiger partial charge in [0, 0.05) is 42.5 Å². The lowest BCUT2D eigenvalue weighted by molar-refractivity contribution is 0.0624. The number of hydrogen-bond donors (Lipinski definition) is 1. The van der Waals surface area contributed by atoms with Gasteiger partial charge in [-0.05, 0) is 44.5 Å². The molecule has 0 saturated carbocycles. The molecule has 2 amide bonds. The molecule has 1 atom stereocenters. The Hall–Kier alpha value is -3.07. The van der Waals surface area contributed by atoms with Gasteiger partial charge >= 0.3 is 0 Å². The van der Waals surface area contributed by atoms with Crippen molar-refractivity contribution >= 4 is 23.2 Å². The Bertz CT molecular complexity index is 1010. The predicted octanol–water partition coefficient (Wildman–Crippen LogP) is 2.61. The van der Waals surface area contributed by atoms with Crippen LogP contribution >= 0.6 is 11.3 Å². The molecule has 8 nitrogen and oxygen atoms in total. The summed E-state index contributed by atoms with van der Waals surface area (Å²) in [4.78, 5) is 40.1. The first-order valence-electron chi connectivity index (χ1n) is 9.48. The van der Waals surface area contributed by atoms with Crippen LogP contribution in [0.1, 0.15) is 49.0 Å². The van der Waals surface area contributed by atoms with Crippen molar-refractivity contribution in [3.8, 4) is 0 Å². The van der Waals surface area contributed by atoms with Crippen LogP contribution in [0.5, 0.6) is 0 Å². The summed E-state index contributed by atoms with van der Waals surface area (Å²) in [5, 5.41) is 7.15. The molecular weight excluding hydrogens is 388 g/mol. The molecule has 3 aromatic rings. The summed E-state index contributed by atoms with van der Waals surface area (Å²) in [6, 6.07) is 6.79. The third-order valence-electron chi connectivity index (χ3n) is 4.94. The lowest BCUT2D eigenvalue weighted by Gasteiger charge is -2.30. The fourth-order valence-electron chi connectivity index (χ4n) is 3.51. The number of carbonyl (C=O) groups is 2. The van der Waals surface area contributed by atoms with Crippen LogP contribution in [0.2, 0.25) is 0 Å². The Balaban J connectivity index is 1.65. The van der Waals surface area contributed by atoms with E-state index in [-0.39, 0.29) is 11.8 Å². The molecule has 0 spiro atoms. The van der Waals surface area contributed by atoms with Crippen LogP contribution in [0.25, 0.3) is 0 Å². The quantitative estimate of drug-likeness (QED) is 0.716. The summed E-state index contributed by atoms with van der Waals surface area (Å²) in [7, 11) is 0.